The topological polar surface area (TPSA) is 75.6 Å². The third-order valence-corrected chi connectivity index (χ3v) is 4.28. The number of benzene rings is 2. The van der Waals surface area contributed by atoms with E-state index >= 15 is 0 Å². The second-order valence-electron chi connectivity index (χ2n) is 5.40. The highest BCUT2D eigenvalue weighted by Gasteiger charge is 2.05. The number of nitrogens with one attached hydrogen (secondary N) is 1. The van der Waals surface area contributed by atoms with Crippen molar-refractivity contribution in [3.8, 4) is 5.75 Å². The molecule has 0 heterocycles. The largest absolute Gasteiger partial charge is 0.494 e. The maximum atomic E-state index is 12.1. The van der Waals surface area contributed by atoms with Gasteiger partial charge in [-0.05, 0) is 54.6 Å². The maximum absolute atomic E-state index is 12.1. The van der Waals surface area contributed by atoms with Gasteiger partial charge in [0.15, 0.2) is 0 Å². The summed E-state index contributed by atoms with van der Waals surface area (Å²) in [6, 6.07) is 14.9. The Bertz CT molecular complexity index is 698. The molecule has 5 nitrogen and oxygen atoms in total. The number of carbonyl (C=O) groups excluding carboxylic acids is 1. The number of hydrogen-bond acceptors (Lipinski definition) is 4. The van der Waals surface area contributed by atoms with Gasteiger partial charge in [-0.15, -0.1) is 11.8 Å². The Morgan fingerprint density at radius 1 is 1.08 bits per heavy atom. The molecule has 2 aromatic carbocycles. The number of thioether (sulfide) groups is 1. The van der Waals surface area contributed by atoms with Crippen LogP contribution in [0, 0.1) is 0 Å². The van der Waals surface area contributed by atoms with Crippen molar-refractivity contribution in [1.29, 1.82) is 0 Å². The molecule has 0 aromatic heterocycles. The monoisotopic (exact) mass is 359 g/mol. The standard InChI is InChI=1S/C19H21NO4S/c1-25-17-10-6-15(7-11-17)19(23)20-13-14-4-8-16(9-5-14)24-12-2-3-18(21)22/h4-11H,2-3,12-13H2,1H3,(H,20,23)(H,21,22). The predicted molar refractivity (Wildman–Crippen MR) is 98.2 cm³/mol. The zero-order chi connectivity index (χ0) is 18.1. The predicted octanol–water partition coefficient (Wildman–Crippen LogP) is 3.58. The number of ether oxygens (including phenoxy) is 1. The van der Waals surface area contributed by atoms with Crippen LogP contribution < -0.4 is 10.1 Å². The average molecular weight is 359 g/mol. The summed E-state index contributed by atoms with van der Waals surface area (Å²) in [7, 11) is 0. The van der Waals surface area contributed by atoms with E-state index in [1.54, 1.807) is 11.8 Å². The third kappa shape index (κ3) is 6.51. The summed E-state index contributed by atoms with van der Waals surface area (Å²) in [4.78, 5) is 23.7. The molecule has 0 unspecified atom stereocenters. The lowest BCUT2D eigenvalue weighted by Gasteiger charge is -2.08. The molecule has 2 aromatic rings. The molecule has 0 spiro atoms. The summed E-state index contributed by atoms with van der Waals surface area (Å²) in [6.45, 7) is 0.802. The van der Waals surface area contributed by atoms with Crippen molar-refractivity contribution in [2.75, 3.05) is 12.9 Å². The van der Waals surface area contributed by atoms with E-state index in [0.717, 1.165) is 10.5 Å². The first kappa shape index (κ1) is 18.9. The zero-order valence-electron chi connectivity index (χ0n) is 14.0. The minimum atomic E-state index is -0.822. The smallest absolute Gasteiger partial charge is 0.303 e. The first-order valence-electron chi connectivity index (χ1n) is 7.94. The highest BCUT2D eigenvalue weighted by atomic mass is 32.2. The Kier molecular flexibility index (Phi) is 7.35. The van der Waals surface area contributed by atoms with E-state index in [-0.39, 0.29) is 12.3 Å². The molecular formula is C19H21NO4S. The van der Waals surface area contributed by atoms with Crippen LogP contribution >= 0.6 is 11.8 Å². The van der Waals surface area contributed by atoms with Crippen LogP contribution in [0.2, 0.25) is 0 Å². The van der Waals surface area contributed by atoms with Gasteiger partial charge >= 0.3 is 5.97 Å². The normalized spacial score (nSPS) is 10.3. The number of hydrogen-bond donors (Lipinski definition) is 2. The van der Waals surface area contributed by atoms with E-state index < -0.39 is 5.97 Å². The van der Waals surface area contributed by atoms with E-state index in [2.05, 4.69) is 5.32 Å². The van der Waals surface area contributed by atoms with Crippen molar-refractivity contribution in [3.63, 3.8) is 0 Å². The molecule has 0 radical (unpaired) electrons. The molecular weight excluding hydrogens is 338 g/mol. The highest BCUT2D eigenvalue weighted by Crippen LogP contribution is 2.15. The van der Waals surface area contributed by atoms with Crippen LogP contribution in [-0.2, 0) is 11.3 Å². The second-order valence-corrected chi connectivity index (χ2v) is 6.28. The molecule has 0 saturated carbocycles. The van der Waals surface area contributed by atoms with Crippen LogP contribution in [-0.4, -0.2) is 29.8 Å². The van der Waals surface area contributed by atoms with Crippen LogP contribution in [0.1, 0.15) is 28.8 Å². The number of amides is 1. The summed E-state index contributed by atoms with van der Waals surface area (Å²) in [6.07, 6.45) is 2.57. The van der Waals surface area contributed by atoms with Crippen LogP contribution in [0.15, 0.2) is 53.4 Å². The van der Waals surface area contributed by atoms with Gasteiger partial charge in [0, 0.05) is 23.4 Å². The van der Waals surface area contributed by atoms with Crippen LogP contribution in [0.5, 0.6) is 5.75 Å². The molecule has 2 rings (SSSR count). The van der Waals surface area contributed by atoms with Gasteiger partial charge in [0.1, 0.15) is 5.75 Å². The minimum absolute atomic E-state index is 0.0992. The van der Waals surface area contributed by atoms with Crippen LogP contribution in [0.3, 0.4) is 0 Å². The molecule has 0 aliphatic carbocycles. The van der Waals surface area contributed by atoms with E-state index in [9.17, 15) is 9.59 Å². The van der Waals surface area contributed by atoms with Crippen molar-refractivity contribution >= 4 is 23.6 Å². The van der Waals surface area contributed by atoms with E-state index in [1.165, 1.54) is 0 Å². The summed E-state index contributed by atoms with van der Waals surface area (Å²) in [5.41, 5.74) is 1.60. The lowest BCUT2D eigenvalue weighted by Crippen LogP contribution is -2.22. The molecule has 0 fully saturated rings. The average Bonchev–Trinajstić information content (AvgIpc) is 2.64. The molecule has 25 heavy (non-hydrogen) atoms. The molecule has 6 heteroatoms. The zero-order valence-corrected chi connectivity index (χ0v) is 14.8. The number of carboxylic acids is 1. The van der Waals surface area contributed by atoms with Gasteiger partial charge in [0.2, 0.25) is 0 Å². The van der Waals surface area contributed by atoms with Gasteiger partial charge in [0.05, 0.1) is 6.61 Å². The first-order chi connectivity index (χ1) is 12.1. The molecule has 0 saturated heterocycles. The van der Waals surface area contributed by atoms with E-state index in [1.807, 2.05) is 54.8 Å². The quantitative estimate of drug-likeness (QED) is 0.529. The molecule has 0 atom stereocenters. The Hall–Kier alpha value is -2.47. The van der Waals surface area contributed by atoms with E-state index in [4.69, 9.17) is 9.84 Å². The minimum Gasteiger partial charge on any atom is -0.494 e. The third-order valence-electron chi connectivity index (χ3n) is 3.53. The Balaban J connectivity index is 1.78. The lowest BCUT2D eigenvalue weighted by molar-refractivity contribution is -0.137. The van der Waals surface area contributed by atoms with Gasteiger partial charge in [0.25, 0.3) is 5.91 Å². The maximum Gasteiger partial charge on any atom is 0.303 e. The van der Waals surface area contributed by atoms with Crippen molar-refractivity contribution < 1.29 is 19.4 Å². The van der Waals surface area contributed by atoms with Crippen molar-refractivity contribution in [2.24, 2.45) is 0 Å². The summed E-state index contributed by atoms with van der Waals surface area (Å²) < 4.78 is 5.48. The Morgan fingerprint density at radius 3 is 2.36 bits per heavy atom. The lowest BCUT2D eigenvalue weighted by atomic mass is 10.2. The Morgan fingerprint density at radius 2 is 1.76 bits per heavy atom. The van der Waals surface area contributed by atoms with Crippen LogP contribution in [0.25, 0.3) is 0 Å². The van der Waals surface area contributed by atoms with Gasteiger partial charge in [-0.3, -0.25) is 9.59 Å². The fourth-order valence-electron chi connectivity index (χ4n) is 2.14. The molecule has 2 N–H and O–H groups in total. The molecule has 0 aliphatic heterocycles. The molecule has 1 amide bonds. The van der Waals surface area contributed by atoms with Gasteiger partial charge in [-0.2, -0.15) is 0 Å². The SMILES string of the molecule is CSc1ccc(C(=O)NCc2ccc(OCCCC(=O)O)cc2)cc1. The van der Waals surface area contributed by atoms with Gasteiger partial charge in [-0.1, -0.05) is 12.1 Å². The summed E-state index contributed by atoms with van der Waals surface area (Å²) in [5.74, 6) is -0.243. The number of rotatable bonds is 9. The molecule has 0 bridgehead atoms. The molecule has 132 valence electrons. The summed E-state index contributed by atoms with van der Waals surface area (Å²) >= 11 is 1.64. The fraction of sp³-hybridized carbons (Fsp3) is 0.263. The molecule has 0 aliphatic rings. The van der Waals surface area contributed by atoms with Crippen molar-refractivity contribution in [1.82, 2.24) is 5.32 Å². The number of carboxylic acid groups (broad SMARTS) is 1. The van der Waals surface area contributed by atoms with Gasteiger partial charge < -0.3 is 15.2 Å². The summed E-state index contributed by atoms with van der Waals surface area (Å²) in [5, 5.41) is 11.5. The van der Waals surface area contributed by atoms with E-state index in [0.29, 0.717) is 30.9 Å². The van der Waals surface area contributed by atoms with Crippen LogP contribution in [0.4, 0.5) is 0 Å². The first-order valence-corrected chi connectivity index (χ1v) is 9.17. The van der Waals surface area contributed by atoms with Crippen molar-refractivity contribution in [2.45, 2.75) is 24.3 Å². The van der Waals surface area contributed by atoms with Gasteiger partial charge in [-0.25, -0.2) is 0 Å². The fourth-order valence-corrected chi connectivity index (χ4v) is 2.55. The number of carbonyl (C=O) groups is 2. The Labute approximate surface area is 151 Å². The highest BCUT2D eigenvalue weighted by molar-refractivity contribution is 7.98. The second kappa shape index (κ2) is 9.74. The number of aliphatic carboxylic acids is 1. The van der Waals surface area contributed by atoms with Crippen molar-refractivity contribution in [3.05, 3.63) is 59.7 Å².